The Morgan fingerprint density at radius 1 is 1.29 bits per heavy atom. The number of halogens is 2. The van der Waals surface area contributed by atoms with Crippen molar-refractivity contribution in [3.8, 4) is 0 Å². The van der Waals surface area contributed by atoms with Crippen LogP contribution >= 0.6 is 11.3 Å². The van der Waals surface area contributed by atoms with Gasteiger partial charge in [-0.3, -0.25) is 0 Å². The summed E-state index contributed by atoms with van der Waals surface area (Å²) in [6.45, 7) is 2.91. The number of hydrogen-bond donors (Lipinski definition) is 0. The molecule has 0 aliphatic carbocycles. The van der Waals surface area contributed by atoms with Gasteiger partial charge < -0.3 is 0 Å². The van der Waals surface area contributed by atoms with Crippen molar-refractivity contribution in [3.05, 3.63) is 34.7 Å². The third kappa shape index (κ3) is 1.52. The van der Waals surface area contributed by atoms with Gasteiger partial charge in [-0.1, -0.05) is 12.1 Å². The quantitative estimate of drug-likeness (QED) is 0.660. The first kappa shape index (κ1) is 9.59. The average molecular weight is 212 g/mol. The van der Waals surface area contributed by atoms with E-state index in [0.717, 1.165) is 22.6 Å². The number of thiophene rings is 1. The van der Waals surface area contributed by atoms with Gasteiger partial charge in [-0.15, -0.1) is 11.3 Å². The second-order valence-electron chi connectivity index (χ2n) is 3.52. The van der Waals surface area contributed by atoms with E-state index in [2.05, 4.69) is 0 Å². The molecule has 2 rings (SSSR count). The van der Waals surface area contributed by atoms with Crippen molar-refractivity contribution >= 4 is 21.4 Å². The van der Waals surface area contributed by atoms with Crippen molar-refractivity contribution in [2.24, 2.45) is 0 Å². The molecule has 0 bridgehead atoms. The fourth-order valence-corrected chi connectivity index (χ4v) is 2.42. The molecule has 0 saturated heterocycles. The zero-order chi connectivity index (χ0) is 10.3. The predicted octanol–water partition coefficient (Wildman–Crippen LogP) is 4.32. The molecule has 0 amide bonds. The van der Waals surface area contributed by atoms with E-state index >= 15 is 0 Å². The molecule has 0 spiro atoms. The van der Waals surface area contributed by atoms with Gasteiger partial charge in [-0.25, -0.2) is 8.78 Å². The molecule has 0 saturated carbocycles. The zero-order valence-electron chi connectivity index (χ0n) is 7.97. The highest BCUT2D eigenvalue weighted by Gasteiger charge is 2.24. The monoisotopic (exact) mass is 212 g/mol. The van der Waals surface area contributed by atoms with Crippen LogP contribution in [-0.4, -0.2) is 0 Å². The number of alkyl halides is 2. The Kier molecular flexibility index (Phi) is 2.07. The largest absolute Gasteiger partial charge is 0.270 e. The predicted molar refractivity (Wildman–Crippen MR) is 56.1 cm³/mol. The van der Waals surface area contributed by atoms with E-state index in [-0.39, 0.29) is 5.56 Å². The van der Waals surface area contributed by atoms with Crippen LogP contribution in [0.5, 0.6) is 0 Å². The van der Waals surface area contributed by atoms with Gasteiger partial charge in [0.15, 0.2) is 0 Å². The summed E-state index contributed by atoms with van der Waals surface area (Å²) in [4.78, 5) is 0. The van der Waals surface area contributed by atoms with E-state index in [1.165, 1.54) is 17.4 Å². The Morgan fingerprint density at radius 2 is 2.00 bits per heavy atom. The molecule has 1 aromatic heterocycles. The van der Waals surface area contributed by atoms with Gasteiger partial charge in [0.05, 0.1) is 0 Å². The lowest BCUT2D eigenvalue weighted by Gasteiger charge is -2.09. The van der Waals surface area contributed by atoms with Crippen molar-refractivity contribution < 1.29 is 8.78 Å². The van der Waals surface area contributed by atoms with Crippen LogP contribution < -0.4 is 0 Å². The van der Waals surface area contributed by atoms with E-state index in [1.54, 1.807) is 12.1 Å². The lowest BCUT2D eigenvalue weighted by atomic mass is 10.1. The summed E-state index contributed by atoms with van der Waals surface area (Å²) in [6, 6.07) is 4.85. The topological polar surface area (TPSA) is 0 Å². The number of fused-ring (bicyclic) bond motifs is 1. The third-order valence-electron chi connectivity index (χ3n) is 2.28. The minimum atomic E-state index is -2.74. The van der Waals surface area contributed by atoms with Gasteiger partial charge in [0.1, 0.15) is 0 Å². The van der Waals surface area contributed by atoms with E-state index in [4.69, 9.17) is 0 Å². The van der Waals surface area contributed by atoms with E-state index in [9.17, 15) is 8.78 Å². The Bertz CT molecular complexity index is 466. The van der Waals surface area contributed by atoms with Crippen LogP contribution in [0.25, 0.3) is 10.1 Å². The molecule has 0 atom stereocenters. The molecule has 1 heterocycles. The summed E-state index contributed by atoms with van der Waals surface area (Å²) in [5.74, 6) is -2.74. The summed E-state index contributed by atoms with van der Waals surface area (Å²) in [6.07, 6.45) is 0. The maximum absolute atomic E-state index is 13.0. The fourth-order valence-electron chi connectivity index (χ4n) is 1.43. The van der Waals surface area contributed by atoms with E-state index in [0.29, 0.717) is 0 Å². The van der Waals surface area contributed by atoms with Crippen LogP contribution in [-0.2, 0) is 5.92 Å². The van der Waals surface area contributed by atoms with Gasteiger partial charge >= 0.3 is 0 Å². The Labute approximate surface area is 85.2 Å². The summed E-state index contributed by atoms with van der Waals surface area (Å²) in [5, 5.41) is 3.06. The molecule has 0 unspecified atom stereocenters. The Morgan fingerprint density at radius 3 is 2.64 bits per heavy atom. The molecule has 2 aromatic rings. The molecule has 0 nitrogen and oxygen atoms in total. The minimum absolute atomic E-state index is 0.0897. The highest BCUT2D eigenvalue weighted by molar-refractivity contribution is 7.17. The fraction of sp³-hybridized carbons (Fsp3) is 0.273. The lowest BCUT2D eigenvalue weighted by molar-refractivity contribution is 0.0176. The standard InChI is InChI=1S/C11H10F2S/c1-7-6-14-10-5-8(11(2,12)13)3-4-9(7)10/h3-6H,1-2H3. The molecule has 0 aliphatic heterocycles. The van der Waals surface area contributed by atoms with Crippen LogP contribution in [0.2, 0.25) is 0 Å². The number of rotatable bonds is 1. The first-order valence-electron chi connectivity index (χ1n) is 4.34. The maximum Gasteiger partial charge on any atom is 0.270 e. The minimum Gasteiger partial charge on any atom is -0.202 e. The van der Waals surface area contributed by atoms with Crippen molar-refractivity contribution in [1.29, 1.82) is 0 Å². The summed E-state index contributed by atoms with van der Waals surface area (Å²) in [7, 11) is 0. The van der Waals surface area contributed by atoms with Crippen LogP contribution in [0.1, 0.15) is 18.1 Å². The van der Waals surface area contributed by atoms with Crippen LogP contribution in [0.4, 0.5) is 8.78 Å². The van der Waals surface area contributed by atoms with Gasteiger partial charge in [0, 0.05) is 17.2 Å². The molecule has 1 aromatic carbocycles. The Hall–Kier alpha value is -0.960. The summed E-state index contributed by atoms with van der Waals surface area (Å²) >= 11 is 1.51. The van der Waals surface area contributed by atoms with Crippen LogP contribution in [0.15, 0.2) is 23.6 Å². The van der Waals surface area contributed by atoms with Crippen molar-refractivity contribution in [2.45, 2.75) is 19.8 Å². The van der Waals surface area contributed by atoms with E-state index < -0.39 is 5.92 Å². The van der Waals surface area contributed by atoms with Gasteiger partial charge in [-0.2, -0.15) is 0 Å². The second kappa shape index (κ2) is 3.02. The molecule has 14 heavy (non-hydrogen) atoms. The number of benzene rings is 1. The summed E-state index contributed by atoms with van der Waals surface area (Å²) < 4.78 is 26.9. The van der Waals surface area contributed by atoms with Gasteiger partial charge in [-0.05, 0) is 29.3 Å². The van der Waals surface area contributed by atoms with Crippen molar-refractivity contribution in [3.63, 3.8) is 0 Å². The highest BCUT2D eigenvalue weighted by atomic mass is 32.1. The van der Waals surface area contributed by atoms with Crippen LogP contribution in [0.3, 0.4) is 0 Å². The highest BCUT2D eigenvalue weighted by Crippen LogP contribution is 2.32. The SMILES string of the molecule is Cc1csc2cc(C(C)(F)F)ccc12. The smallest absolute Gasteiger partial charge is 0.202 e. The Balaban J connectivity index is 2.63. The summed E-state index contributed by atoms with van der Waals surface area (Å²) in [5.41, 5.74) is 1.24. The first-order valence-corrected chi connectivity index (χ1v) is 5.22. The molecular weight excluding hydrogens is 202 g/mol. The molecular formula is C11H10F2S. The third-order valence-corrected chi connectivity index (χ3v) is 3.34. The van der Waals surface area contributed by atoms with Crippen molar-refractivity contribution in [2.75, 3.05) is 0 Å². The van der Waals surface area contributed by atoms with Crippen molar-refractivity contribution in [1.82, 2.24) is 0 Å². The molecule has 0 radical (unpaired) electrons. The number of hydrogen-bond acceptors (Lipinski definition) is 1. The molecule has 74 valence electrons. The average Bonchev–Trinajstić information content (AvgIpc) is 2.46. The lowest BCUT2D eigenvalue weighted by Crippen LogP contribution is -2.05. The van der Waals surface area contributed by atoms with Gasteiger partial charge in [0.25, 0.3) is 5.92 Å². The van der Waals surface area contributed by atoms with Crippen LogP contribution in [0, 0.1) is 6.92 Å². The molecule has 0 fully saturated rings. The normalized spacial score (nSPS) is 12.3. The second-order valence-corrected chi connectivity index (χ2v) is 4.43. The molecule has 3 heteroatoms. The molecule has 0 N–H and O–H groups in total. The molecule has 0 aliphatic rings. The maximum atomic E-state index is 13.0. The first-order chi connectivity index (χ1) is 6.48. The number of aryl methyl sites for hydroxylation is 1. The van der Waals surface area contributed by atoms with E-state index in [1.807, 2.05) is 12.3 Å². The zero-order valence-corrected chi connectivity index (χ0v) is 8.79. The van der Waals surface area contributed by atoms with Gasteiger partial charge in [0.2, 0.25) is 0 Å².